The van der Waals surface area contributed by atoms with Gasteiger partial charge < -0.3 is 11.1 Å². The molecule has 0 saturated carbocycles. The molecule has 0 spiro atoms. The Hall–Kier alpha value is -4.24. The molecule has 0 unspecified atom stereocenters. The van der Waals surface area contributed by atoms with Crippen LogP contribution in [0.15, 0.2) is 71.8 Å². The molecule has 0 aliphatic carbocycles. The summed E-state index contributed by atoms with van der Waals surface area (Å²) in [5, 5.41) is 7.63. The molecule has 0 fully saturated rings. The first-order chi connectivity index (χ1) is 16.0. The first kappa shape index (κ1) is 20.7. The van der Waals surface area contributed by atoms with E-state index in [1.165, 1.54) is 9.08 Å². The van der Waals surface area contributed by atoms with Crippen molar-refractivity contribution in [1.29, 1.82) is 0 Å². The first-order valence-corrected chi connectivity index (χ1v) is 10.5. The number of benzene rings is 2. The minimum absolute atomic E-state index is 0.0529. The molecule has 1 amide bonds. The average Bonchev–Trinajstić information content (AvgIpc) is 3.15. The van der Waals surface area contributed by atoms with Crippen LogP contribution < -0.4 is 16.6 Å². The van der Waals surface area contributed by atoms with Crippen molar-refractivity contribution in [3.05, 3.63) is 93.8 Å². The SMILES string of the molecule is C[C@H](NC(=O)c1c(N)nn2cccnc12)c1nc2cccc(Cl)c2c(=O)n1-c1ccccc1. The summed E-state index contributed by atoms with van der Waals surface area (Å²) in [7, 11) is 0. The second-order valence-electron chi connectivity index (χ2n) is 7.42. The maximum absolute atomic E-state index is 13.5. The van der Waals surface area contributed by atoms with Gasteiger partial charge in [0.15, 0.2) is 11.5 Å². The number of carbonyl (C=O) groups is 1. The van der Waals surface area contributed by atoms with Crippen LogP contribution in [0.2, 0.25) is 5.02 Å². The van der Waals surface area contributed by atoms with E-state index < -0.39 is 11.9 Å². The molecule has 5 rings (SSSR count). The van der Waals surface area contributed by atoms with Crippen molar-refractivity contribution in [3.63, 3.8) is 0 Å². The zero-order valence-corrected chi connectivity index (χ0v) is 18.2. The van der Waals surface area contributed by atoms with E-state index in [1.54, 1.807) is 55.7 Å². The lowest BCUT2D eigenvalue weighted by molar-refractivity contribution is 0.0940. The van der Waals surface area contributed by atoms with Gasteiger partial charge in [0.25, 0.3) is 11.5 Å². The van der Waals surface area contributed by atoms with Gasteiger partial charge in [-0.15, -0.1) is 5.10 Å². The number of nitrogens with two attached hydrogens (primary N) is 1. The Morgan fingerprint density at radius 1 is 1.12 bits per heavy atom. The zero-order valence-electron chi connectivity index (χ0n) is 17.4. The summed E-state index contributed by atoms with van der Waals surface area (Å²) in [5.41, 5.74) is 7.18. The van der Waals surface area contributed by atoms with Crippen molar-refractivity contribution in [3.8, 4) is 5.69 Å². The van der Waals surface area contributed by atoms with Gasteiger partial charge >= 0.3 is 0 Å². The van der Waals surface area contributed by atoms with Crippen LogP contribution >= 0.6 is 11.6 Å². The Morgan fingerprint density at radius 2 is 1.91 bits per heavy atom. The molecule has 0 saturated heterocycles. The monoisotopic (exact) mass is 459 g/mol. The number of para-hydroxylation sites is 1. The summed E-state index contributed by atoms with van der Waals surface area (Å²) in [5.74, 6) is -0.0804. The molecular formula is C23H18ClN7O2. The number of fused-ring (bicyclic) bond motifs is 2. The van der Waals surface area contributed by atoms with E-state index in [2.05, 4.69) is 20.4 Å². The third-order valence-electron chi connectivity index (χ3n) is 5.27. The van der Waals surface area contributed by atoms with Gasteiger partial charge in [-0.3, -0.25) is 14.2 Å². The highest BCUT2D eigenvalue weighted by atomic mass is 35.5. The molecule has 5 aromatic rings. The molecule has 10 heteroatoms. The Kier molecular flexibility index (Phi) is 5.02. The van der Waals surface area contributed by atoms with Gasteiger partial charge in [0.2, 0.25) is 0 Å². The maximum Gasteiger partial charge on any atom is 0.267 e. The van der Waals surface area contributed by atoms with E-state index in [-0.39, 0.29) is 16.9 Å². The molecule has 3 aromatic heterocycles. The van der Waals surface area contributed by atoms with Crippen LogP contribution in [0.1, 0.15) is 29.1 Å². The largest absolute Gasteiger partial charge is 0.381 e. The molecule has 0 aliphatic heterocycles. The van der Waals surface area contributed by atoms with Gasteiger partial charge in [0, 0.05) is 12.4 Å². The van der Waals surface area contributed by atoms with E-state index in [0.29, 0.717) is 33.1 Å². The third kappa shape index (κ3) is 3.48. The molecule has 1 atom stereocenters. The minimum Gasteiger partial charge on any atom is -0.381 e. The Balaban J connectivity index is 1.64. The highest BCUT2D eigenvalue weighted by Gasteiger charge is 2.24. The van der Waals surface area contributed by atoms with E-state index >= 15 is 0 Å². The fourth-order valence-electron chi connectivity index (χ4n) is 3.78. The molecule has 0 radical (unpaired) electrons. The predicted octanol–water partition coefficient (Wildman–Crippen LogP) is 3.16. The summed E-state index contributed by atoms with van der Waals surface area (Å²) in [6, 6.07) is 15.2. The first-order valence-electron chi connectivity index (χ1n) is 10.1. The van der Waals surface area contributed by atoms with E-state index in [0.717, 1.165) is 0 Å². The lowest BCUT2D eigenvalue weighted by atomic mass is 10.2. The number of anilines is 1. The lowest BCUT2D eigenvalue weighted by Crippen LogP contribution is -2.33. The Bertz CT molecular complexity index is 1580. The van der Waals surface area contributed by atoms with Crippen molar-refractivity contribution in [2.45, 2.75) is 13.0 Å². The number of hydrogen-bond donors (Lipinski definition) is 2. The molecule has 0 aliphatic rings. The second-order valence-corrected chi connectivity index (χ2v) is 7.83. The van der Waals surface area contributed by atoms with Gasteiger partial charge in [-0.05, 0) is 37.3 Å². The van der Waals surface area contributed by atoms with Gasteiger partial charge in [-0.1, -0.05) is 35.9 Å². The molecule has 0 bridgehead atoms. The summed E-state index contributed by atoms with van der Waals surface area (Å²) in [6.07, 6.45) is 3.21. The Labute approximate surface area is 192 Å². The van der Waals surface area contributed by atoms with Gasteiger partial charge in [-0.2, -0.15) is 0 Å². The second kappa shape index (κ2) is 8.03. The summed E-state index contributed by atoms with van der Waals surface area (Å²) in [4.78, 5) is 35.6. The number of nitrogens with zero attached hydrogens (tertiary/aromatic N) is 5. The molecule has 3 N–H and O–H groups in total. The van der Waals surface area contributed by atoms with Crippen molar-refractivity contribution >= 4 is 39.9 Å². The fraction of sp³-hybridized carbons (Fsp3) is 0.0870. The predicted molar refractivity (Wildman–Crippen MR) is 126 cm³/mol. The highest BCUT2D eigenvalue weighted by Crippen LogP contribution is 2.23. The molecule has 2 aromatic carbocycles. The lowest BCUT2D eigenvalue weighted by Gasteiger charge is -2.20. The fourth-order valence-corrected chi connectivity index (χ4v) is 4.03. The number of halogens is 1. The van der Waals surface area contributed by atoms with Crippen LogP contribution in [0.4, 0.5) is 5.82 Å². The number of amides is 1. The molecule has 164 valence electrons. The number of nitrogens with one attached hydrogen (secondary N) is 1. The van der Waals surface area contributed by atoms with Crippen LogP contribution in [-0.4, -0.2) is 30.1 Å². The number of hydrogen-bond acceptors (Lipinski definition) is 6. The number of nitrogen functional groups attached to an aromatic ring is 1. The quantitative estimate of drug-likeness (QED) is 0.426. The molecule has 3 heterocycles. The van der Waals surface area contributed by atoms with Crippen molar-refractivity contribution < 1.29 is 4.79 Å². The zero-order chi connectivity index (χ0) is 23.1. The van der Waals surface area contributed by atoms with E-state index in [1.807, 2.05) is 18.2 Å². The topological polar surface area (TPSA) is 120 Å². The normalized spacial score (nSPS) is 12.2. The molecule has 9 nitrogen and oxygen atoms in total. The summed E-state index contributed by atoms with van der Waals surface area (Å²) < 4.78 is 2.89. The van der Waals surface area contributed by atoms with Crippen LogP contribution in [0.25, 0.3) is 22.2 Å². The summed E-state index contributed by atoms with van der Waals surface area (Å²) >= 11 is 6.33. The number of carbonyl (C=O) groups excluding carboxylic acids is 1. The smallest absolute Gasteiger partial charge is 0.267 e. The van der Waals surface area contributed by atoms with Crippen molar-refractivity contribution in [1.82, 2.24) is 29.5 Å². The standard InChI is InChI=1S/C23H18ClN7O2/c1-13(27-22(32)18-19(25)29-30-12-6-11-26-21(18)30)20-28-16-10-5-9-15(24)17(16)23(33)31(20)14-7-3-2-4-8-14/h2-13H,1H3,(H2,25,29)(H,27,32)/t13-/m0/s1. The third-order valence-corrected chi connectivity index (χ3v) is 5.59. The molecule has 33 heavy (non-hydrogen) atoms. The van der Waals surface area contributed by atoms with Crippen molar-refractivity contribution in [2.75, 3.05) is 5.73 Å². The van der Waals surface area contributed by atoms with Gasteiger partial charge in [0.05, 0.1) is 27.7 Å². The van der Waals surface area contributed by atoms with Gasteiger partial charge in [-0.25, -0.2) is 14.5 Å². The van der Waals surface area contributed by atoms with Crippen LogP contribution in [0, 0.1) is 0 Å². The molecular weight excluding hydrogens is 442 g/mol. The number of rotatable bonds is 4. The van der Waals surface area contributed by atoms with E-state index in [4.69, 9.17) is 17.3 Å². The average molecular weight is 460 g/mol. The van der Waals surface area contributed by atoms with Gasteiger partial charge in [0.1, 0.15) is 11.4 Å². The number of aromatic nitrogens is 5. The minimum atomic E-state index is -0.660. The van der Waals surface area contributed by atoms with Crippen LogP contribution in [-0.2, 0) is 0 Å². The van der Waals surface area contributed by atoms with Crippen LogP contribution in [0.5, 0.6) is 0 Å². The Morgan fingerprint density at radius 3 is 2.70 bits per heavy atom. The van der Waals surface area contributed by atoms with E-state index in [9.17, 15) is 9.59 Å². The van der Waals surface area contributed by atoms with Crippen LogP contribution in [0.3, 0.4) is 0 Å². The maximum atomic E-state index is 13.5. The summed E-state index contributed by atoms with van der Waals surface area (Å²) in [6.45, 7) is 1.74. The van der Waals surface area contributed by atoms with Crippen molar-refractivity contribution in [2.24, 2.45) is 0 Å². The highest BCUT2D eigenvalue weighted by molar-refractivity contribution is 6.35.